The maximum Gasteiger partial charge on any atom is 0.354 e. The van der Waals surface area contributed by atoms with Crippen LogP contribution in [0, 0.1) is 0 Å². The predicted octanol–water partition coefficient (Wildman–Crippen LogP) is 2.34. The number of carbonyl (C=O) groups is 1. The van der Waals surface area contributed by atoms with E-state index in [1.807, 2.05) is 0 Å². The molecule has 88 valence electrons. The lowest BCUT2D eigenvalue weighted by Gasteiger charge is -2.06. The molecule has 2 N–H and O–H groups in total. The zero-order valence-electron chi connectivity index (χ0n) is 8.68. The lowest BCUT2D eigenvalue weighted by molar-refractivity contribution is 0.0687. The molecule has 0 aliphatic rings. The molecule has 17 heavy (non-hydrogen) atoms. The fourth-order valence-corrected chi connectivity index (χ4v) is 1.51. The lowest BCUT2D eigenvalue weighted by Crippen LogP contribution is -2.04. The standard InChI is InChI=1S/C11H9ClN2O3/c12-8-3-1-2-4-9(8)17-6-7-5-13-14-10(7)11(15)16/h1-5H,6H2,(H,13,14)(H,15,16). The molecule has 0 spiro atoms. The summed E-state index contributed by atoms with van der Waals surface area (Å²) in [5.74, 6) is -0.563. The van der Waals surface area contributed by atoms with Gasteiger partial charge in [0.15, 0.2) is 0 Å². The number of nitrogens with zero attached hydrogens (tertiary/aromatic N) is 1. The average Bonchev–Trinajstić information content (AvgIpc) is 2.76. The summed E-state index contributed by atoms with van der Waals surface area (Å²) in [4.78, 5) is 10.8. The van der Waals surface area contributed by atoms with E-state index < -0.39 is 5.97 Å². The molecule has 0 bridgehead atoms. The van der Waals surface area contributed by atoms with Crippen molar-refractivity contribution in [3.05, 3.63) is 46.7 Å². The first-order chi connectivity index (χ1) is 8.18. The van der Waals surface area contributed by atoms with E-state index in [1.165, 1.54) is 6.20 Å². The number of aromatic nitrogens is 2. The van der Waals surface area contributed by atoms with Gasteiger partial charge in [-0.25, -0.2) is 4.79 Å². The van der Waals surface area contributed by atoms with Crippen LogP contribution in [-0.4, -0.2) is 21.3 Å². The van der Waals surface area contributed by atoms with Crippen molar-refractivity contribution in [2.24, 2.45) is 0 Å². The van der Waals surface area contributed by atoms with Crippen molar-refractivity contribution < 1.29 is 14.6 Å². The van der Waals surface area contributed by atoms with E-state index in [0.717, 1.165) is 0 Å². The van der Waals surface area contributed by atoms with Gasteiger partial charge in [-0.2, -0.15) is 5.10 Å². The van der Waals surface area contributed by atoms with Crippen molar-refractivity contribution in [1.82, 2.24) is 10.2 Å². The van der Waals surface area contributed by atoms with Crippen LogP contribution in [0.4, 0.5) is 0 Å². The molecule has 0 aliphatic carbocycles. The van der Waals surface area contributed by atoms with Gasteiger partial charge >= 0.3 is 5.97 Å². The first kappa shape index (κ1) is 11.5. The van der Waals surface area contributed by atoms with E-state index in [0.29, 0.717) is 16.3 Å². The van der Waals surface area contributed by atoms with Crippen molar-refractivity contribution in [1.29, 1.82) is 0 Å². The Morgan fingerprint density at radius 3 is 2.94 bits per heavy atom. The van der Waals surface area contributed by atoms with E-state index in [2.05, 4.69) is 10.2 Å². The Kier molecular flexibility index (Phi) is 3.30. The molecule has 0 fully saturated rings. The van der Waals surface area contributed by atoms with Crippen molar-refractivity contribution >= 4 is 17.6 Å². The quantitative estimate of drug-likeness (QED) is 0.876. The molecule has 0 amide bonds. The Morgan fingerprint density at radius 1 is 1.47 bits per heavy atom. The van der Waals surface area contributed by atoms with Gasteiger partial charge in [-0.3, -0.25) is 5.10 Å². The number of carboxylic acids is 1. The summed E-state index contributed by atoms with van der Waals surface area (Å²) in [5.41, 5.74) is 0.495. The van der Waals surface area contributed by atoms with Crippen molar-refractivity contribution in [2.45, 2.75) is 6.61 Å². The Balaban J connectivity index is 2.10. The van der Waals surface area contributed by atoms with Crippen LogP contribution in [0.1, 0.15) is 16.1 Å². The molecule has 0 saturated heterocycles. The fourth-order valence-electron chi connectivity index (χ4n) is 1.32. The summed E-state index contributed by atoms with van der Waals surface area (Å²) in [6.45, 7) is 0.0991. The molecule has 1 aromatic heterocycles. The number of ether oxygens (including phenoxy) is 1. The minimum absolute atomic E-state index is 0.0250. The third-order valence-electron chi connectivity index (χ3n) is 2.15. The highest BCUT2D eigenvalue weighted by atomic mass is 35.5. The number of halogens is 1. The third kappa shape index (κ3) is 2.57. The number of hydrogen-bond acceptors (Lipinski definition) is 3. The van der Waals surface area contributed by atoms with Crippen LogP contribution in [0.3, 0.4) is 0 Å². The number of hydrogen-bond donors (Lipinski definition) is 2. The largest absolute Gasteiger partial charge is 0.487 e. The van der Waals surface area contributed by atoms with Crippen LogP contribution >= 0.6 is 11.6 Å². The van der Waals surface area contributed by atoms with Crippen LogP contribution in [0.15, 0.2) is 30.5 Å². The van der Waals surface area contributed by atoms with Crippen molar-refractivity contribution in [3.63, 3.8) is 0 Å². The van der Waals surface area contributed by atoms with Crippen molar-refractivity contribution in [2.75, 3.05) is 0 Å². The Bertz CT molecular complexity index is 539. The van der Waals surface area contributed by atoms with Gasteiger partial charge in [0.1, 0.15) is 18.1 Å². The highest BCUT2D eigenvalue weighted by Crippen LogP contribution is 2.24. The minimum atomic E-state index is -1.07. The van der Waals surface area contributed by atoms with E-state index in [9.17, 15) is 4.79 Å². The number of aromatic amines is 1. The maximum absolute atomic E-state index is 10.8. The molecule has 0 atom stereocenters. The van der Waals surface area contributed by atoms with Gasteiger partial charge in [-0.05, 0) is 12.1 Å². The highest BCUT2D eigenvalue weighted by molar-refractivity contribution is 6.32. The van der Waals surface area contributed by atoms with E-state index >= 15 is 0 Å². The van der Waals surface area contributed by atoms with E-state index in [4.69, 9.17) is 21.4 Å². The summed E-state index contributed by atoms with van der Waals surface area (Å²) in [5, 5.41) is 15.4. The number of carboxylic acid groups (broad SMARTS) is 1. The van der Waals surface area contributed by atoms with Crippen LogP contribution in [0.2, 0.25) is 5.02 Å². The smallest absolute Gasteiger partial charge is 0.354 e. The maximum atomic E-state index is 10.8. The second kappa shape index (κ2) is 4.88. The molecule has 2 rings (SSSR count). The Morgan fingerprint density at radius 2 is 2.24 bits per heavy atom. The predicted molar refractivity (Wildman–Crippen MR) is 61.3 cm³/mol. The average molecular weight is 253 g/mol. The zero-order valence-corrected chi connectivity index (χ0v) is 9.44. The number of nitrogens with one attached hydrogen (secondary N) is 1. The van der Waals surface area contributed by atoms with Gasteiger partial charge in [-0.15, -0.1) is 0 Å². The summed E-state index contributed by atoms with van der Waals surface area (Å²) >= 11 is 5.90. The monoisotopic (exact) mass is 252 g/mol. The number of H-pyrrole nitrogens is 1. The SMILES string of the molecule is O=C(O)c1[nH]ncc1COc1ccccc1Cl. The summed E-state index contributed by atoms with van der Waals surface area (Å²) in [7, 11) is 0. The fraction of sp³-hybridized carbons (Fsp3) is 0.0909. The second-order valence-electron chi connectivity index (χ2n) is 3.29. The topological polar surface area (TPSA) is 75.2 Å². The van der Waals surface area contributed by atoms with E-state index in [-0.39, 0.29) is 12.3 Å². The second-order valence-corrected chi connectivity index (χ2v) is 3.70. The molecular formula is C11H9ClN2O3. The van der Waals surface area contributed by atoms with Crippen LogP contribution in [0.5, 0.6) is 5.75 Å². The highest BCUT2D eigenvalue weighted by Gasteiger charge is 2.13. The normalized spacial score (nSPS) is 10.2. The molecule has 1 aromatic carbocycles. The van der Waals surface area contributed by atoms with Crippen molar-refractivity contribution in [3.8, 4) is 5.75 Å². The molecule has 2 aromatic rings. The van der Waals surface area contributed by atoms with Gasteiger partial charge < -0.3 is 9.84 Å². The van der Waals surface area contributed by atoms with Crippen LogP contribution in [-0.2, 0) is 6.61 Å². The molecule has 6 heteroatoms. The van der Waals surface area contributed by atoms with Crippen LogP contribution < -0.4 is 4.74 Å². The van der Waals surface area contributed by atoms with Gasteiger partial charge in [0, 0.05) is 5.56 Å². The summed E-state index contributed by atoms with van der Waals surface area (Å²) < 4.78 is 5.42. The Labute approximate surface area is 102 Å². The molecule has 0 saturated carbocycles. The van der Waals surface area contributed by atoms with Gasteiger partial charge in [-0.1, -0.05) is 23.7 Å². The molecule has 0 unspecified atom stereocenters. The van der Waals surface area contributed by atoms with E-state index in [1.54, 1.807) is 24.3 Å². The first-order valence-electron chi connectivity index (χ1n) is 4.81. The molecule has 5 nitrogen and oxygen atoms in total. The molecule has 0 radical (unpaired) electrons. The number of aromatic carboxylic acids is 1. The summed E-state index contributed by atoms with van der Waals surface area (Å²) in [6.07, 6.45) is 1.42. The Hall–Kier alpha value is -2.01. The first-order valence-corrected chi connectivity index (χ1v) is 5.19. The van der Waals surface area contributed by atoms with Gasteiger partial charge in [0.25, 0.3) is 0 Å². The number of rotatable bonds is 4. The number of benzene rings is 1. The molecule has 0 aliphatic heterocycles. The van der Waals surface area contributed by atoms with Crippen LogP contribution in [0.25, 0.3) is 0 Å². The zero-order chi connectivity index (χ0) is 12.3. The minimum Gasteiger partial charge on any atom is -0.487 e. The summed E-state index contributed by atoms with van der Waals surface area (Å²) in [6, 6.07) is 6.98. The molecule has 1 heterocycles. The third-order valence-corrected chi connectivity index (χ3v) is 2.46. The molecular weight excluding hydrogens is 244 g/mol. The van der Waals surface area contributed by atoms with Gasteiger partial charge in [0.2, 0.25) is 0 Å². The lowest BCUT2D eigenvalue weighted by atomic mass is 10.2. The van der Waals surface area contributed by atoms with Gasteiger partial charge in [0.05, 0.1) is 11.2 Å². The number of para-hydroxylation sites is 1.